The van der Waals surface area contributed by atoms with Crippen LogP contribution >= 0.6 is 7.82 Å². The highest BCUT2D eigenvalue weighted by molar-refractivity contribution is 7.45. The molecule has 3 unspecified atom stereocenters. The zero-order valence-corrected chi connectivity index (χ0v) is 56.9. The van der Waals surface area contributed by atoms with Crippen molar-refractivity contribution in [3.05, 3.63) is 109 Å². The van der Waals surface area contributed by atoms with Crippen molar-refractivity contribution in [1.82, 2.24) is 5.32 Å². The van der Waals surface area contributed by atoms with Crippen LogP contribution in [0.25, 0.3) is 0 Å². The van der Waals surface area contributed by atoms with Gasteiger partial charge in [0.15, 0.2) is 0 Å². The lowest BCUT2D eigenvalue weighted by Gasteiger charge is -2.30. The minimum atomic E-state index is -4.71. The van der Waals surface area contributed by atoms with E-state index in [9.17, 15) is 19.0 Å². The van der Waals surface area contributed by atoms with Gasteiger partial charge in [-0.1, -0.05) is 285 Å². The molecule has 0 aliphatic heterocycles. The molecule has 0 heterocycles. The number of esters is 1. The van der Waals surface area contributed by atoms with Gasteiger partial charge in [0.25, 0.3) is 7.82 Å². The summed E-state index contributed by atoms with van der Waals surface area (Å²) < 4.78 is 30.4. The molecule has 490 valence electrons. The van der Waals surface area contributed by atoms with Crippen LogP contribution in [0.5, 0.6) is 0 Å². The normalized spacial score (nSPS) is 14.2. The molecular formula is C75H133N2O7P. The molecule has 0 spiro atoms. The number of allylic oxidation sites excluding steroid dienone is 17. The Morgan fingerprint density at radius 2 is 0.753 bits per heavy atom. The number of quaternary nitrogens is 1. The van der Waals surface area contributed by atoms with Crippen LogP contribution in [0.4, 0.5) is 0 Å². The number of hydrogen-bond donors (Lipinski definition) is 1. The van der Waals surface area contributed by atoms with Crippen molar-refractivity contribution in [2.24, 2.45) is 0 Å². The summed E-state index contributed by atoms with van der Waals surface area (Å²) in [7, 11) is 1.17. The summed E-state index contributed by atoms with van der Waals surface area (Å²) >= 11 is 0. The Balaban J connectivity index is 5.07. The van der Waals surface area contributed by atoms with E-state index in [2.05, 4.69) is 123 Å². The Morgan fingerprint density at radius 1 is 0.424 bits per heavy atom. The number of carbonyl (C=O) groups excluding carboxylic acids is 2. The van der Waals surface area contributed by atoms with E-state index >= 15 is 0 Å². The molecular weight excluding hydrogens is 1070 g/mol. The lowest BCUT2D eigenvalue weighted by molar-refractivity contribution is -0.870. The zero-order valence-electron chi connectivity index (χ0n) is 56.0. The molecule has 0 aliphatic rings. The summed E-state index contributed by atoms with van der Waals surface area (Å²) in [4.78, 5) is 40.2. The molecule has 85 heavy (non-hydrogen) atoms. The van der Waals surface area contributed by atoms with Gasteiger partial charge in [0, 0.05) is 12.8 Å². The van der Waals surface area contributed by atoms with Crippen molar-refractivity contribution in [2.75, 3.05) is 40.9 Å². The van der Waals surface area contributed by atoms with E-state index in [-0.39, 0.29) is 24.9 Å². The number of phosphoric acid groups is 1. The smallest absolute Gasteiger partial charge is 0.306 e. The van der Waals surface area contributed by atoms with E-state index in [0.717, 1.165) is 128 Å². The number of unbranched alkanes of at least 4 members (excludes halogenated alkanes) is 31. The molecule has 0 radical (unpaired) electrons. The average molecular weight is 1210 g/mol. The van der Waals surface area contributed by atoms with Crippen molar-refractivity contribution < 1.29 is 37.3 Å². The third-order valence-electron chi connectivity index (χ3n) is 15.2. The first-order valence-electron chi connectivity index (χ1n) is 35.2. The van der Waals surface area contributed by atoms with Gasteiger partial charge in [-0.2, -0.15) is 0 Å². The van der Waals surface area contributed by atoms with Crippen LogP contribution in [-0.2, 0) is 27.9 Å². The van der Waals surface area contributed by atoms with Gasteiger partial charge in [-0.3, -0.25) is 14.2 Å². The number of ether oxygens (including phenoxy) is 1. The maximum atomic E-state index is 13.6. The Morgan fingerprint density at radius 3 is 1.15 bits per heavy atom. The van der Waals surface area contributed by atoms with Crippen LogP contribution in [0.2, 0.25) is 0 Å². The van der Waals surface area contributed by atoms with Gasteiger partial charge in [-0.05, 0) is 115 Å². The second-order valence-electron chi connectivity index (χ2n) is 24.6. The number of likely N-dealkylation sites (N-methyl/N-ethyl adjacent to an activating group) is 1. The van der Waals surface area contributed by atoms with E-state index in [1.807, 2.05) is 33.3 Å². The number of amides is 1. The maximum absolute atomic E-state index is 13.6. The predicted molar refractivity (Wildman–Crippen MR) is 367 cm³/mol. The van der Waals surface area contributed by atoms with Crippen LogP contribution in [-0.4, -0.2) is 69.4 Å². The summed E-state index contributed by atoms with van der Waals surface area (Å²) in [6.07, 6.45) is 87.8. The lowest BCUT2D eigenvalue weighted by atomic mass is 10.0. The van der Waals surface area contributed by atoms with Gasteiger partial charge in [-0.15, -0.1) is 0 Å². The first-order valence-corrected chi connectivity index (χ1v) is 36.7. The summed E-state index contributed by atoms with van der Waals surface area (Å²) in [6, 6.07) is -0.901. The van der Waals surface area contributed by atoms with Crippen molar-refractivity contribution in [2.45, 2.75) is 315 Å². The summed E-state index contributed by atoms with van der Waals surface area (Å²) in [5.41, 5.74) is 0. The van der Waals surface area contributed by atoms with Crippen molar-refractivity contribution in [3.8, 4) is 0 Å². The molecule has 0 saturated carbocycles. The van der Waals surface area contributed by atoms with Crippen molar-refractivity contribution in [1.29, 1.82) is 0 Å². The van der Waals surface area contributed by atoms with Crippen molar-refractivity contribution in [3.63, 3.8) is 0 Å². The molecule has 0 aliphatic carbocycles. The molecule has 0 saturated heterocycles. The largest absolute Gasteiger partial charge is 0.756 e. The van der Waals surface area contributed by atoms with Gasteiger partial charge < -0.3 is 28.5 Å². The SMILES string of the molecule is CC/C=C\C/C=C\C/C=C\C/C=C\C/C=C\CCCCCCCCCCCC(=O)NC(COP(=O)([O-])OCC[N+](C)(C)C)C(/C=C/CCCCCCCCCCC)OC(=O)CCCCCCCCCCCC/C=C\C/C=C\C/C=C\CCCCC. The number of hydrogen-bond acceptors (Lipinski definition) is 7. The van der Waals surface area contributed by atoms with Gasteiger partial charge in [0.2, 0.25) is 5.91 Å². The fourth-order valence-electron chi connectivity index (χ4n) is 9.79. The highest BCUT2D eigenvalue weighted by atomic mass is 31.2. The Kier molecular flexibility index (Phi) is 61.2. The fourth-order valence-corrected chi connectivity index (χ4v) is 10.5. The maximum Gasteiger partial charge on any atom is 0.306 e. The molecule has 0 rings (SSSR count). The second kappa shape index (κ2) is 63.7. The molecule has 9 nitrogen and oxygen atoms in total. The molecule has 10 heteroatoms. The van der Waals surface area contributed by atoms with E-state index in [1.165, 1.54) is 141 Å². The first-order chi connectivity index (χ1) is 41.4. The molecule has 0 aromatic rings. The number of phosphoric ester groups is 1. The number of carbonyl (C=O) groups is 2. The van der Waals surface area contributed by atoms with E-state index in [4.69, 9.17) is 13.8 Å². The zero-order chi connectivity index (χ0) is 62.1. The van der Waals surface area contributed by atoms with Crippen LogP contribution in [0.1, 0.15) is 303 Å². The molecule has 1 N–H and O–H groups in total. The highest BCUT2D eigenvalue weighted by Crippen LogP contribution is 2.38. The third kappa shape index (κ3) is 65.0. The van der Waals surface area contributed by atoms with Gasteiger partial charge in [0.05, 0.1) is 33.8 Å². The third-order valence-corrected chi connectivity index (χ3v) is 16.2. The molecule has 1 amide bonds. The topological polar surface area (TPSA) is 114 Å². The minimum absolute atomic E-state index is 0.0288. The summed E-state index contributed by atoms with van der Waals surface area (Å²) in [5.74, 6) is -0.552. The monoisotopic (exact) mass is 1200 g/mol. The van der Waals surface area contributed by atoms with Crippen LogP contribution in [0.3, 0.4) is 0 Å². The summed E-state index contributed by atoms with van der Waals surface area (Å²) in [5, 5.41) is 3.04. The van der Waals surface area contributed by atoms with Crippen LogP contribution < -0.4 is 10.2 Å². The van der Waals surface area contributed by atoms with Gasteiger partial charge >= 0.3 is 5.97 Å². The Bertz CT molecular complexity index is 1820. The highest BCUT2D eigenvalue weighted by Gasteiger charge is 2.27. The van der Waals surface area contributed by atoms with Crippen LogP contribution in [0.15, 0.2) is 109 Å². The summed E-state index contributed by atoms with van der Waals surface area (Å²) in [6.45, 7) is 6.70. The number of nitrogens with zero attached hydrogens (tertiary/aromatic N) is 1. The molecule has 0 aromatic heterocycles. The van der Waals surface area contributed by atoms with Crippen LogP contribution in [0, 0.1) is 0 Å². The van der Waals surface area contributed by atoms with Crippen molar-refractivity contribution >= 4 is 19.7 Å². The standard InChI is InChI=1S/C75H133N2O7P/c1-7-10-13-16-19-22-25-27-29-31-33-35-37-38-40-41-43-45-47-49-52-55-58-61-64-67-74(78)76-72(71-83-85(80,81)82-70-69-77(4,5)6)73(66-63-60-57-54-51-24-21-18-15-12-9-3)84-75(79)68-65-62-59-56-53-50-48-46-44-42-39-36-34-32-30-28-26-23-20-17-14-11-8-2/h10,13,19-20,22-23,27-30,33-36,38,40,63,66,72-73H,7-9,11-12,14-18,21,24-26,31-32,37,39,41-62,64-65,67-71H2,1-6H3,(H-,76,78,80,81)/b13-10-,22-19-,23-20-,29-27-,30-28-,35-33-,36-34-,40-38-,66-63+. The van der Waals surface area contributed by atoms with E-state index in [0.29, 0.717) is 17.4 Å². The molecule has 0 bridgehead atoms. The van der Waals surface area contributed by atoms with Gasteiger partial charge in [0.1, 0.15) is 19.3 Å². The number of nitrogens with one attached hydrogen (secondary N) is 1. The molecule has 0 aromatic carbocycles. The fraction of sp³-hybridized carbons (Fsp3) is 0.733. The Hall–Kier alpha value is -3.33. The number of rotatable bonds is 63. The van der Waals surface area contributed by atoms with E-state index < -0.39 is 26.6 Å². The quantitative estimate of drug-likeness (QED) is 0.0212. The van der Waals surface area contributed by atoms with Gasteiger partial charge in [-0.25, -0.2) is 0 Å². The minimum Gasteiger partial charge on any atom is -0.756 e. The van der Waals surface area contributed by atoms with E-state index in [1.54, 1.807) is 0 Å². The Labute approximate surface area is 525 Å². The lowest BCUT2D eigenvalue weighted by Crippen LogP contribution is -2.47. The average Bonchev–Trinajstić information content (AvgIpc) is 3.64. The first kappa shape index (κ1) is 81.7. The molecule has 3 atom stereocenters. The second-order valence-corrected chi connectivity index (χ2v) is 26.1. The molecule has 0 fully saturated rings. The predicted octanol–water partition coefficient (Wildman–Crippen LogP) is 21.8.